The Bertz CT molecular complexity index is 891. The highest BCUT2D eigenvalue weighted by Gasteiger charge is 2.10. The predicted molar refractivity (Wildman–Crippen MR) is 118 cm³/mol. The van der Waals surface area contributed by atoms with Crippen molar-refractivity contribution in [1.29, 1.82) is 0 Å². The molecule has 154 valence electrons. The first-order chi connectivity index (χ1) is 13.3. The average Bonchev–Trinajstić information content (AvgIpc) is 3.04. The van der Waals surface area contributed by atoms with E-state index in [1.165, 1.54) is 16.8 Å². The molecule has 28 heavy (non-hydrogen) atoms. The van der Waals surface area contributed by atoms with Crippen LogP contribution < -0.4 is 15.4 Å². The number of hydrogen-bond acceptors (Lipinski definition) is 4. The zero-order valence-electron chi connectivity index (χ0n) is 17.0. The molecule has 1 atom stereocenters. The summed E-state index contributed by atoms with van der Waals surface area (Å²) >= 11 is 1.82. The van der Waals surface area contributed by atoms with Gasteiger partial charge in [0, 0.05) is 28.8 Å². The number of nitrogens with zero attached hydrogens (tertiary/aromatic N) is 1. The van der Waals surface area contributed by atoms with Gasteiger partial charge >= 0.3 is 0 Å². The summed E-state index contributed by atoms with van der Waals surface area (Å²) in [6.07, 6.45) is 0.945. The number of nitrogens with one attached hydrogen (secondary N) is 3. The first-order valence-electron chi connectivity index (χ1n) is 9.40. The minimum absolute atomic E-state index is 0.0311. The molecule has 8 heteroatoms. The summed E-state index contributed by atoms with van der Waals surface area (Å²) in [5.41, 5.74) is 1.73. The fraction of sp³-hybridized carbons (Fsp3) is 0.450. The van der Waals surface area contributed by atoms with Crippen molar-refractivity contribution in [2.75, 3.05) is 13.6 Å². The van der Waals surface area contributed by atoms with E-state index in [0.717, 1.165) is 30.1 Å². The van der Waals surface area contributed by atoms with Crippen molar-refractivity contribution in [3.8, 4) is 0 Å². The molecule has 0 aliphatic rings. The maximum absolute atomic E-state index is 11.7. The molecule has 0 spiro atoms. The number of aliphatic imine (C=N–C) groups is 1. The Morgan fingerprint density at radius 1 is 1.21 bits per heavy atom. The van der Waals surface area contributed by atoms with Crippen LogP contribution in [-0.2, 0) is 28.7 Å². The molecule has 1 aromatic heterocycles. The highest BCUT2D eigenvalue weighted by atomic mass is 32.2. The van der Waals surface area contributed by atoms with Crippen molar-refractivity contribution >= 4 is 27.3 Å². The fourth-order valence-corrected chi connectivity index (χ4v) is 4.56. The second-order valence-electron chi connectivity index (χ2n) is 6.74. The molecule has 1 heterocycles. The van der Waals surface area contributed by atoms with E-state index in [2.05, 4.69) is 46.3 Å². The maximum Gasteiger partial charge on any atom is 0.215 e. The third kappa shape index (κ3) is 7.61. The lowest BCUT2D eigenvalue weighted by Gasteiger charge is -2.17. The molecule has 0 aliphatic heterocycles. The number of thiophene rings is 1. The number of aryl methyl sites for hydroxylation is 1. The summed E-state index contributed by atoms with van der Waals surface area (Å²) in [5.74, 6) is 0.730. The van der Waals surface area contributed by atoms with Gasteiger partial charge in [0.25, 0.3) is 0 Å². The zero-order valence-corrected chi connectivity index (χ0v) is 18.6. The van der Waals surface area contributed by atoms with Crippen LogP contribution in [0.2, 0.25) is 0 Å². The monoisotopic (exact) mass is 422 g/mol. The van der Waals surface area contributed by atoms with Crippen molar-refractivity contribution < 1.29 is 8.42 Å². The van der Waals surface area contributed by atoms with Crippen molar-refractivity contribution in [2.45, 2.75) is 45.5 Å². The molecule has 0 amide bonds. The first kappa shape index (κ1) is 22.4. The predicted octanol–water partition coefficient (Wildman–Crippen LogP) is 2.79. The molecule has 1 unspecified atom stereocenters. The zero-order chi connectivity index (χ0) is 20.6. The lowest BCUT2D eigenvalue weighted by Crippen LogP contribution is -2.43. The Morgan fingerprint density at radius 3 is 2.61 bits per heavy atom. The summed E-state index contributed by atoms with van der Waals surface area (Å²) in [6, 6.07) is 12.1. The van der Waals surface area contributed by atoms with Gasteiger partial charge in [-0.25, -0.2) is 18.1 Å². The number of rotatable bonds is 9. The lowest BCUT2D eigenvalue weighted by molar-refractivity contribution is 0.587. The summed E-state index contributed by atoms with van der Waals surface area (Å²) in [5, 5.41) is 6.72. The Labute approximate surface area is 172 Å². The molecule has 1 aromatic carbocycles. The van der Waals surface area contributed by atoms with Gasteiger partial charge < -0.3 is 10.6 Å². The lowest BCUT2D eigenvalue weighted by atomic mass is 10.1. The van der Waals surface area contributed by atoms with Gasteiger partial charge in [-0.05, 0) is 51.1 Å². The topological polar surface area (TPSA) is 82.6 Å². The van der Waals surface area contributed by atoms with Gasteiger partial charge in [0.15, 0.2) is 5.96 Å². The van der Waals surface area contributed by atoms with Gasteiger partial charge in [-0.1, -0.05) is 24.3 Å². The van der Waals surface area contributed by atoms with Gasteiger partial charge in [-0.2, -0.15) is 0 Å². The standard InChI is InChI=1S/C20H30N4O2S2/c1-5-22-20(24-15(2)11-19-10-9-16(3)27-19)23-13-17-7-6-8-18(12-17)14-28(25,26)21-4/h6-10,12,15,21H,5,11,13-14H2,1-4H3,(H2,22,23,24). The highest BCUT2D eigenvalue weighted by molar-refractivity contribution is 7.88. The maximum atomic E-state index is 11.7. The Balaban J connectivity index is 2.01. The molecular weight excluding hydrogens is 392 g/mol. The van der Waals surface area contributed by atoms with Crippen LogP contribution in [0, 0.1) is 6.92 Å². The third-order valence-corrected chi connectivity index (χ3v) is 6.47. The van der Waals surface area contributed by atoms with E-state index < -0.39 is 10.0 Å². The third-order valence-electron chi connectivity index (χ3n) is 4.11. The molecule has 3 N–H and O–H groups in total. The Morgan fingerprint density at radius 2 is 1.96 bits per heavy atom. The minimum Gasteiger partial charge on any atom is -0.357 e. The number of benzene rings is 1. The molecule has 0 bridgehead atoms. The van der Waals surface area contributed by atoms with E-state index in [4.69, 9.17) is 0 Å². The molecule has 2 rings (SSSR count). The molecule has 0 saturated heterocycles. The number of guanidine groups is 1. The van der Waals surface area contributed by atoms with Gasteiger partial charge in [0.1, 0.15) is 0 Å². The van der Waals surface area contributed by atoms with Crippen LogP contribution in [0.15, 0.2) is 41.4 Å². The number of sulfonamides is 1. The fourth-order valence-electron chi connectivity index (χ4n) is 2.78. The molecule has 0 fully saturated rings. The summed E-state index contributed by atoms with van der Waals surface area (Å²) in [7, 11) is -1.86. The van der Waals surface area contributed by atoms with E-state index in [-0.39, 0.29) is 11.8 Å². The SMILES string of the molecule is CCNC(=NCc1cccc(CS(=O)(=O)NC)c1)NC(C)Cc1ccc(C)s1. The average molecular weight is 423 g/mol. The van der Waals surface area contributed by atoms with Crippen LogP contribution in [-0.4, -0.2) is 34.0 Å². The van der Waals surface area contributed by atoms with E-state index in [0.29, 0.717) is 6.54 Å². The van der Waals surface area contributed by atoms with E-state index in [1.54, 1.807) is 0 Å². The Kier molecular flexibility index (Phi) is 8.47. The van der Waals surface area contributed by atoms with Crippen LogP contribution in [0.4, 0.5) is 0 Å². The summed E-state index contributed by atoms with van der Waals surface area (Å²) in [6.45, 7) is 7.55. The summed E-state index contributed by atoms with van der Waals surface area (Å²) < 4.78 is 25.8. The van der Waals surface area contributed by atoms with Crippen LogP contribution in [0.3, 0.4) is 0 Å². The molecule has 6 nitrogen and oxygen atoms in total. The van der Waals surface area contributed by atoms with Crippen molar-refractivity contribution in [3.63, 3.8) is 0 Å². The molecule has 0 aliphatic carbocycles. The molecule has 2 aromatic rings. The van der Waals surface area contributed by atoms with Gasteiger partial charge in [0.2, 0.25) is 10.0 Å². The van der Waals surface area contributed by atoms with Gasteiger partial charge in [0.05, 0.1) is 12.3 Å². The first-order valence-corrected chi connectivity index (χ1v) is 11.9. The second kappa shape index (κ2) is 10.6. The highest BCUT2D eigenvalue weighted by Crippen LogP contribution is 2.16. The minimum atomic E-state index is -3.28. The van der Waals surface area contributed by atoms with Crippen LogP contribution in [0.5, 0.6) is 0 Å². The Hall–Kier alpha value is -1.90. The van der Waals surface area contributed by atoms with E-state index >= 15 is 0 Å². The quantitative estimate of drug-likeness (QED) is 0.429. The van der Waals surface area contributed by atoms with Crippen LogP contribution in [0.1, 0.15) is 34.7 Å². The van der Waals surface area contributed by atoms with E-state index in [1.807, 2.05) is 42.5 Å². The molecule has 0 radical (unpaired) electrons. The second-order valence-corrected chi connectivity index (χ2v) is 10.0. The van der Waals surface area contributed by atoms with Crippen molar-refractivity contribution in [2.24, 2.45) is 4.99 Å². The van der Waals surface area contributed by atoms with Crippen molar-refractivity contribution in [1.82, 2.24) is 15.4 Å². The summed E-state index contributed by atoms with van der Waals surface area (Å²) in [4.78, 5) is 7.34. The van der Waals surface area contributed by atoms with Gasteiger partial charge in [-0.3, -0.25) is 0 Å². The molecule has 0 saturated carbocycles. The van der Waals surface area contributed by atoms with Crippen molar-refractivity contribution in [3.05, 3.63) is 57.3 Å². The number of hydrogen-bond donors (Lipinski definition) is 3. The normalized spacial score (nSPS) is 13.4. The van der Waals surface area contributed by atoms with Crippen LogP contribution in [0.25, 0.3) is 0 Å². The van der Waals surface area contributed by atoms with Crippen LogP contribution >= 0.6 is 11.3 Å². The largest absolute Gasteiger partial charge is 0.357 e. The van der Waals surface area contributed by atoms with Gasteiger partial charge in [-0.15, -0.1) is 11.3 Å². The molecular formula is C20H30N4O2S2. The smallest absolute Gasteiger partial charge is 0.215 e. The van der Waals surface area contributed by atoms with E-state index in [9.17, 15) is 8.42 Å².